The summed E-state index contributed by atoms with van der Waals surface area (Å²) in [7, 11) is -3.58. The van der Waals surface area contributed by atoms with E-state index in [4.69, 9.17) is 4.42 Å². The fourth-order valence-corrected chi connectivity index (χ4v) is 3.43. The predicted octanol–water partition coefficient (Wildman–Crippen LogP) is 2.54. The van der Waals surface area contributed by atoms with Gasteiger partial charge in [-0.2, -0.15) is 4.31 Å². The average molecular weight is 309 g/mol. The molecular formula is C15H19NO4S. The van der Waals surface area contributed by atoms with Crippen molar-refractivity contribution in [1.82, 2.24) is 4.31 Å². The zero-order valence-corrected chi connectivity index (χ0v) is 12.9. The molecule has 1 unspecified atom stereocenters. The minimum Gasteiger partial charge on any atom is -0.468 e. The second kappa shape index (κ2) is 6.43. The maximum absolute atomic E-state index is 12.6. The van der Waals surface area contributed by atoms with Crippen LogP contribution in [-0.4, -0.2) is 24.4 Å². The van der Waals surface area contributed by atoms with Crippen LogP contribution in [0.1, 0.15) is 31.3 Å². The SMILES string of the molecule is CCN(Cc1ccco1)S(=O)(=O)c1ccc(C(C)O)cc1. The summed E-state index contributed by atoms with van der Waals surface area (Å²) in [5, 5.41) is 9.47. The molecule has 0 radical (unpaired) electrons. The second-order valence-electron chi connectivity index (χ2n) is 4.76. The Balaban J connectivity index is 2.26. The Labute approximate surface area is 124 Å². The van der Waals surface area contributed by atoms with E-state index in [1.165, 1.54) is 22.7 Å². The van der Waals surface area contributed by atoms with Crippen LogP contribution in [0.2, 0.25) is 0 Å². The first-order valence-electron chi connectivity index (χ1n) is 6.75. The molecule has 1 heterocycles. The van der Waals surface area contributed by atoms with Crippen LogP contribution >= 0.6 is 0 Å². The van der Waals surface area contributed by atoms with Gasteiger partial charge in [-0.1, -0.05) is 19.1 Å². The van der Waals surface area contributed by atoms with Gasteiger partial charge in [0.25, 0.3) is 0 Å². The summed E-state index contributed by atoms with van der Waals surface area (Å²) in [5.74, 6) is 0.598. The highest BCUT2D eigenvalue weighted by atomic mass is 32.2. The topological polar surface area (TPSA) is 70.8 Å². The number of hydrogen-bond donors (Lipinski definition) is 1. The lowest BCUT2D eigenvalue weighted by Gasteiger charge is -2.19. The lowest BCUT2D eigenvalue weighted by molar-refractivity contribution is 0.199. The van der Waals surface area contributed by atoms with E-state index in [-0.39, 0.29) is 11.4 Å². The minimum atomic E-state index is -3.58. The first-order valence-corrected chi connectivity index (χ1v) is 8.19. The molecule has 1 aromatic carbocycles. The van der Waals surface area contributed by atoms with Crippen molar-refractivity contribution >= 4 is 10.0 Å². The summed E-state index contributed by atoms with van der Waals surface area (Å²) in [6.45, 7) is 3.97. The van der Waals surface area contributed by atoms with Gasteiger partial charge in [0, 0.05) is 6.54 Å². The molecule has 0 amide bonds. The molecule has 1 atom stereocenters. The second-order valence-corrected chi connectivity index (χ2v) is 6.69. The van der Waals surface area contributed by atoms with Crippen LogP contribution in [0.4, 0.5) is 0 Å². The summed E-state index contributed by atoms with van der Waals surface area (Å²) in [5.41, 5.74) is 0.683. The number of aliphatic hydroxyl groups excluding tert-OH is 1. The number of aliphatic hydroxyl groups is 1. The van der Waals surface area contributed by atoms with Crippen LogP contribution < -0.4 is 0 Å². The number of nitrogens with zero attached hydrogens (tertiary/aromatic N) is 1. The van der Waals surface area contributed by atoms with Crippen LogP contribution in [0.15, 0.2) is 52.0 Å². The van der Waals surface area contributed by atoms with Crippen LogP contribution in [0.25, 0.3) is 0 Å². The lowest BCUT2D eigenvalue weighted by atomic mass is 10.1. The summed E-state index contributed by atoms with van der Waals surface area (Å²) in [6.07, 6.45) is 0.903. The highest BCUT2D eigenvalue weighted by Crippen LogP contribution is 2.21. The third kappa shape index (κ3) is 3.53. The van der Waals surface area contributed by atoms with E-state index < -0.39 is 16.1 Å². The van der Waals surface area contributed by atoms with Crippen molar-refractivity contribution in [3.05, 3.63) is 54.0 Å². The Morgan fingerprint density at radius 1 is 1.24 bits per heavy atom. The van der Waals surface area contributed by atoms with E-state index >= 15 is 0 Å². The molecule has 0 bridgehead atoms. The Bertz CT molecular complexity index is 660. The van der Waals surface area contributed by atoms with Gasteiger partial charge >= 0.3 is 0 Å². The average Bonchev–Trinajstić information content (AvgIpc) is 2.97. The van der Waals surface area contributed by atoms with Gasteiger partial charge in [-0.05, 0) is 36.8 Å². The molecule has 21 heavy (non-hydrogen) atoms. The van der Waals surface area contributed by atoms with Gasteiger partial charge in [0.1, 0.15) is 5.76 Å². The van der Waals surface area contributed by atoms with Crippen molar-refractivity contribution in [2.24, 2.45) is 0 Å². The van der Waals surface area contributed by atoms with Gasteiger partial charge in [-0.3, -0.25) is 0 Å². The quantitative estimate of drug-likeness (QED) is 0.890. The fourth-order valence-electron chi connectivity index (χ4n) is 2.01. The first kappa shape index (κ1) is 15.8. The molecule has 0 fully saturated rings. The molecule has 0 saturated carbocycles. The normalized spacial score (nSPS) is 13.5. The third-order valence-corrected chi connectivity index (χ3v) is 5.20. The zero-order valence-electron chi connectivity index (χ0n) is 12.1. The van der Waals surface area contributed by atoms with Crippen LogP contribution in [-0.2, 0) is 16.6 Å². The van der Waals surface area contributed by atoms with Crippen molar-refractivity contribution in [3.8, 4) is 0 Å². The van der Waals surface area contributed by atoms with Crippen LogP contribution in [0, 0.1) is 0 Å². The number of furan rings is 1. The highest BCUT2D eigenvalue weighted by Gasteiger charge is 2.24. The van der Waals surface area contributed by atoms with Crippen molar-refractivity contribution in [2.45, 2.75) is 31.4 Å². The minimum absolute atomic E-state index is 0.198. The lowest BCUT2D eigenvalue weighted by Crippen LogP contribution is -2.30. The summed E-state index contributed by atoms with van der Waals surface area (Å²) < 4.78 is 31.7. The van der Waals surface area contributed by atoms with E-state index in [1.54, 1.807) is 38.1 Å². The Morgan fingerprint density at radius 2 is 1.90 bits per heavy atom. The summed E-state index contributed by atoms with van der Waals surface area (Å²) >= 11 is 0. The molecule has 0 aliphatic carbocycles. The standard InChI is InChI=1S/C15H19NO4S/c1-3-16(11-14-5-4-10-20-14)21(18,19)15-8-6-13(7-9-15)12(2)17/h4-10,12,17H,3,11H2,1-2H3. The van der Waals surface area contributed by atoms with Gasteiger partial charge in [-0.25, -0.2) is 8.42 Å². The van der Waals surface area contributed by atoms with E-state index in [9.17, 15) is 13.5 Å². The highest BCUT2D eigenvalue weighted by molar-refractivity contribution is 7.89. The van der Waals surface area contributed by atoms with Crippen LogP contribution in [0.5, 0.6) is 0 Å². The van der Waals surface area contributed by atoms with Crippen molar-refractivity contribution in [2.75, 3.05) is 6.54 Å². The Kier molecular flexibility index (Phi) is 4.82. The first-order chi connectivity index (χ1) is 9.95. The fraction of sp³-hybridized carbons (Fsp3) is 0.333. The number of rotatable bonds is 6. The zero-order chi connectivity index (χ0) is 15.5. The monoisotopic (exact) mass is 309 g/mol. The Hall–Kier alpha value is -1.63. The van der Waals surface area contributed by atoms with Gasteiger partial charge < -0.3 is 9.52 Å². The molecule has 1 N–H and O–H groups in total. The van der Waals surface area contributed by atoms with E-state index in [1.807, 2.05) is 0 Å². The maximum atomic E-state index is 12.6. The number of sulfonamides is 1. The molecule has 0 aliphatic heterocycles. The van der Waals surface area contributed by atoms with E-state index in [0.717, 1.165) is 0 Å². The maximum Gasteiger partial charge on any atom is 0.243 e. The van der Waals surface area contributed by atoms with Gasteiger partial charge in [0.2, 0.25) is 10.0 Å². The van der Waals surface area contributed by atoms with Crippen molar-refractivity contribution in [1.29, 1.82) is 0 Å². The molecule has 2 aromatic rings. The van der Waals surface area contributed by atoms with Gasteiger partial charge in [-0.15, -0.1) is 0 Å². The summed E-state index contributed by atoms with van der Waals surface area (Å²) in [6, 6.07) is 9.75. The molecule has 114 valence electrons. The molecule has 0 aliphatic rings. The van der Waals surface area contributed by atoms with Crippen LogP contribution in [0.3, 0.4) is 0 Å². The third-order valence-electron chi connectivity index (χ3n) is 3.27. The molecule has 5 nitrogen and oxygen atoms in total. The Morgan fingerprint density at radius 3 is 2.38 bits per heavy atom. The van der Waals surface area contributed by atoms with E-state index in [0.29, 0.717) is 17.9 Å². The predicted molar refractivity (Wildman–Crippen MR) is 79.1 cm³/mol. The van der Waals surface area contributed by atoms with Crippen molar-refractivity contribution in [3.63, 3.8) is 0 Å². The molecule has 1 aromatic heterocycles. The smallest absolute Gasteiger partial charge is 0.243 e. The molecular weight excluding hydrogens is 290 g/mol. The van der Waals surface area contributed by atoms with Gasteiger partial charge in [0.15, 0.2) is 0 Å². The number of benzene rings is 1. The molecule has 0 spiro atoms. The van der Waals surface area contributed by atoms with E-state index in [2.05, 4.69) is 0 Å². The number of hydrogen-bond acceptors (Lipinski definition) is 4. The largest absolute Gasteiger partial charge is 0.468 e. The molecule has 0 saturated heterocycles. The molecule has 2 rings (SSSR count). The van der Waals surface area contributed by atoms with Crippen molar-refractivity contribution < 1.29 is 17.9 Å². The van der Waals surface area contributed by atoms with Gasteiger partial charge in [0.05, 0.1) is 23.8 Å². The molecule has 6 heteroatoms. The summed E-state index contributed by atoms with van der Waals surface area (Å²) in [4.78, 5) is 0.209.